The molecule has 0 spiro atoms. The van der Waals surface area contributed by atoms with Crippen LogP contribution in [0.3, 0.4) is 0 Å². The first-order chi connectivity index (χ1) is 14.7. The van der Waals surface area contributed by atoms with Crippen LogP contribution in [0.1, 0.15) is 60.1 Å². The molecular formula is C21H18Cl2F3N5. The van der Waals surface area contributed by atoms with Crippen molar-refractivity contribution in [3.8, 4) is 6.07 Å². The van der Waals surface area contributed by atoms with Gasteiger partial charge in [-0.3, -0.25) is 0 Å². The lowest BCUT2D eigenvalue weighted by Crippen LogP contribution is -2.29. The van der Waals surface area contributed by atoms with Gasteiger partial charge in [-0.15, -0.1) is 11.6 Å². The van der Waals surface area contributed by atoms with E-state index in [4.69, 9.17) is 23.2 Å². The summed E-state index contributed by atoms with van der Waals surface area (Å²) < 4.78 is 40.9. The summed E-state index contributed by atoms with van der Waals surface area (Å²) in [6, 6.07) is 5.47. The van der Waals surface area contributed by atoms with Crippen LogP contribution in [-0.2, 0) is 0 Å². The molecule has 2 heterocycles. The SMILES string of the molecule is Cc1nc2c(c(N[C@H](C)c3cccc(C(F)F)c3F)n1)C(Cl)C(C1(C#N)CC1)C(Cl)=N2. The lowest BCUT2D eigenvalue weighted by Gasteiger charge is -2.31. The van der Waals surface area contributed by atoms with E-state index in [2.05, 4.69) is 26.3 Å². The molecule has 2 unspecified atom stereocenters. The molecule has 1 aromatic carbocycles. The van der Waals surface area contributed by atoms with Gasteiger partial charge in [0, 0.05) is 5.56 Å². The summed E-state index contributed by atoms with van der Waals surface area (Å²) in [4.78, 5) is 13.1. The van der Waals surface area contributed by atoms with Gasteiger partial charge in [-0.1, -0.05) is 29.8 Å². The summed E-state index contributed by atoms with van der Waals surface area (Å²) in [6.45, 7) is 3.29. The molecule has 1 aromatic heterocycles. The largest absolute Gasteiger partial charge is 0.363 e. The summed E-state index contributed by atoms with van der Waals surface area (Å²) in [5.74, 6) is -0.524. The van der Waals surface area contributed by atoms with Gasteiger partial charge in [-0.05, 0) is 26.7 Å². The van der Waals surface area contributed by atoms with Gasteiger partial charge in [0.1, 0.15) is 22.6 Å². The molecule has 0 amide bonds. The van der Waals surface area contributed by atoms with Crippen LogP contribution < -0.4 is 5.32 Å². The molecule has 3 atom stereocenters. The molecule has 0 saturated heterocycles. The molecule has 0 radical (unpaired) electrons. The molecular weight excluding hydrogens is 450 g/mol. The highest BCUT2D eigenvalue weighted by molar-refractivity contribution is 6.67. The molecule has 4 rings (SSSR count). The second-order valence-electron chi connectivity index (χ2n) is 7.86. The number of nitriles is 1. The number of hydrogen-bond donors (Lipinski definition) is 1. The van der Waals surface area contributed by atoms with Gasteiger partial charge in [0.05, 0.1) is 39.9 Å². The zero-order valence-corrected chi connectivity index (χ0v) is 18.1. The highest BCUT2D eigenvalue weighted by atomic mass is 35.5. The van der Waals surface area contributed by atoms with Gasteiger partial charge in [0.25, 0.3) is 6.43 Å². The van der Waals surface area contributed by atoms with E-state index in [1.54, 1.807) is 13.8 Å². The molecule has 5 nitrogen and oxygen atoms in total. The molecule has 162 valence electrons. The third-order valence-corrected chi connectivity index (χ3v) is 6.58. The van der Waals surface area contributed by atoms with Gasteiger partial charge in [0.15, 0.2) is 5.82 Å². The summed E-state index contributed by atoms with van der Waals surface area (Å²) in [5.41, 5.74) is -0.821. The molecule has 2 aromatic rings. The van der Waals surface area contributed by atoms with Crippen LogP contribution in [0.4, 0.5) is 24.8 Å². The predicted molar refractivity (Wildman–Crippen MR) is 112 cm³/mol. The van der Waals surface area contributed by atoms with Gasteiger partial charge in [0.2, 0.25) is 0 Å². The van der Waals surface area contributed by atoms with E-state index >= 15 is 0 Å². The Hall–Kier alpha value is -2.37. The van der Waals surface area contributed by atoms with Crippen molar-refractivity contribution in [3.05, 3.63) is 46.5 Å². The third-order valence-electron chi connectivity index (χ3n) is 5.80. The molecule has 1 saturated carbocycles. The Morgan fingerprint density at radius 2 is 1.94 bits per heavy atom. The van der Waals surface area contributed by atoms with Crippen LogP contribution in [0, 0.1) is 35.4 Å². The summed E-state index contributed by atoms with van der Waals surface area (Å²) in [7, 11) is 0. The fraction of sp³-hybridized carbons (Fsp3) is 0.429. The first kappa shape index (κ1) is 21.8. The van der Waals surface area contributed by atoms with Gasteiger partial charge < -0.3 is 5.32 Å². The Morgan fingerprint density at radius 1 is 1.26 bits per heavy atom. The fourth-order valence-corrected chi connectivity index (χ4v) is 5.00. The minimum Gasteiger partial charge on any atom is -0.363 e. The third kappa shape index (κ3) is 3.74. The number of alkyl halides is 3. The van der Waals surface area contributed by atoms with Gasteiger partial charge >= 0.3 is 0 Å². The van der Waals surface area contributed by atoms with Crippen LogP contribution in [-0.4, -0.2) is 15.1 Å². The highest BCUT2D eigenvalue weighted by Gasteiger charge is 2.56. The number of aliphatic imine (C=N–C) groups is 1. The Labute approximate surface area is 187 Å². The van der Waals surface area contributed by atoms with Crippen molar-refractivity contribution < 1.29 is 13.2 Å². The Bertz CT molecular complexity index is 1110. The van der Waals surface area contributed by atoms with E-state index in [0.29, 0.717) is 30.0 Å². The van der Waals surface area contributed by atoms with Gasteiger partial charge in [-0.2, -0.15) is 5.26 Å². The van der Waals surface area contributed by atoms with Crippen LogP contribution in [0.2, 0.25) is 0 Å². The Kier molecular flexibility index (Phi) is 5.61. The number of benzene rings is 1. The van der Waals surface area contributed by atoms with Crippen molar-refractivity contribution in [1.82, 2.24) is 9.97 Å². The average molecular weight is 468 g/mol. The minimum atomic E-state index is -2.92. The van der Waals surface area contributed by atoms with Crippen molar-refractivity contribution in [2.45, 2.75) is 44.5 Å². The van der Waals surface area contributed by atoms with E-state index < -0.39 is 40.6 Å². The zero-order valence-electron chi connectivity index (χ0n) is 16.6. The maximum absolute atomic E-state index is 14.6. The summed E-state index contributed by atoms with van der Waals surface area (Å²) >= 11 is 13.2. The van der Waals surface area contributed by atoms with E-state index in [-0.39, 0.29) is 16.6 Å². The predicted octanol–water partition coefficient (Wildman–Crippen LogP) is 6.52. The number of anilines is 1. The lowest BCUT2D eigenvalue weighted by atomic mass is 9.83. The van der Waals surface area contributed by atoms with Gasteiger partial charge in [-0.25, -0.2) is 28.1 Å². The van der Waals surface area contributed by atoms with Crippen LogP contribution in [0.15, 0.2) is 23.2 Å². The number of rotatable bonds is 5. The molecule has 1 aliphatic heterocycles. The van der Waals surface area contributed by atoms with Crippen LogP contribution in [0.25, 0.3) is 0 Å². The normalized spacial score (nSPS) is 22.4. The van der Waals surface area contributed by atoms with Crippen molar-refractivity contribution in [1.29, 1.82) is 5.26 Å². The van der Waals surface area contributed by atoms with Crippen LogP contribution >= 0.6 is 23.2 Å². The van der Waals surface area contributed by atoms with E-state index in [1.165, 1.54) is 12.1 Å². The second-order valence-corrected chi connectivity index (χ2v) is 8.71. The number of aromatic nitrogens is 2. The van der Waals surface area contributed by atoms with Crippen LogP contribution in [0.5, 0.6) is 0 Å². The van der Waals surface area contributed by atoms with E-state index in [9.17, 15) is 18.4 Å². The monoisotopic (exact) mass is 467 g/mol. The maximum Gasteiger partial charge on any atom is 0.266 e. The number of fused-ring (bicyclic) bond motifs is 1. The quantitative estimate of drug-likeness (QED) is 0.508. The summed E-state index contributed by atoms with van der Waals surface area (Å²) in [6.07, 6.45) is -1.60. The molecule has 1 aliphatic carbocycles. The Balaban J connectivity index is 1.74. The molecule has 1 N–H and O–H groups in total. The van der Waals surface area contributed by atoms with Crippen molar-refractivity contribution >= 4 is 40.0 Å². The lowest BCUT2D eigenvalue weighted by molar-refractivity contribution is 0.146. The maximum atomic E-state index is 14.6. The number of aryl methyl sites for hydroxylation is 1. The van der Waals surface area contributed by atoms with Crippen molar-refractivity contribution in [2.24, 2.45) is 16.3 Å². The van der Waals surface area contributed by atoms with E-state index in [0.717, 1.165) is 6.07 Å². The smallest absolute Gasteiger partial charge is 0.266 e. The number of hydrogen-bond acceptors (Lipinski definition) is 5. The highest BCUT2D eigenvalue weighted by Crippen LogP contribution is 2.60. The topological polar surface area (TPSA) is 74.0 Å². The number of nitrogens with one attached hydrogen (secondary N) is 1. The second kappa shape index (κ2) is 7.95. The number of nitrogens with zero attached hydrogens (tertiary/aromatic N) is 4. The van der Waals surface area contributed by atoms with Crippen molar-refractivity contribution in [2.75, 3.05) is 5.32 Å². The molecule has 1 fully saturated rings. The average Bonchev–Trinajstić information content (AvgIpc) is 3.48. The first-order valence-corrected chi connectivity index (χ1v) is 10.5. The Morgan fingerprint density at radius 3 is 2.55 bits per heavy atom. The molecule has 0 bridgehead atoms. The molecule has 31 heavy (non-hydrogen) atoms. The zero-order chi connectivity index (χ0) is 22.5. The van der Waals surface area contributed by atoms with Crippen molar-refractivity contribution in [3.63, 3.8) is 0 Å². The number of halogens is 5. The fourth-order valence-electron chi connectivity index (χ4n) is 3.96. The standard InChI is InChI=1S/C21H18Cl2F3N5/c1-9(11-4-3-5-12(16(11)24)18(25)26)28-19-13-15(22)14(21(8-27)6-7-21)17(23)31-20(13)30-10(2)29-19/h3-5,9,14-15,18H,6-7H2,1-2H3,(H,28,29,30)/t9-,14?,15?/m1/s1. The molecule has 10 heteroatoms. The summed E-state index contributed by atoms with van der Waals surface area (Å²) in [5, 5.41) is 12.2. The van der Waals surface area contributed by atoms with E-state index in [1.807, 2.05) is 0 Å². The molecule has 2 aliphatic rings. The minimum absolute atomic E-state index is 0.0681. The first-order valence-electron chi connectivity index (χ1n) is 9.69.